The molecule has 0 aliphatic heterocycles. The molecule has 2 aromatic rings. The highest BCUT2D eigenvalue weighted by Gasteiger charge is 2.04. The van der Waals surface area contributed by atoms with Crippen LogP contribution in [0.5, 0.6) is 5.75 Å². The summed E-state index contributed by atoms with van der Waals surface area (Å²) in [5, 5.41) is 0.883. The van der Waals surface area contributed by atoms with Crippen LogP contribution in [0, 0.1) is 6.92 Å². The summed E-state index contributed by atoms with van der Waals surface area (Å²) in [6, 6.07) is 6.77. The number of ether oxygens (including phenoxy) is 1. The molecule has 94 valence electrons. The molecule has 1 aromatic carbocycles. The van der Waals surface area contributed by atoms with Crippen molar-refractivity contribution in [1.82, 2.24) is 0 Å². The van der Waals surface area contributed by atoms with Crippen molar-refractivity contribution in [3.8, 4) is 5.75 Å². The first-order chi connectivity index (χ1) is 8.56. The lowest BCUT2D eigenvalue weighted by Gasteiger charge is -2.06. The van der Waals surface area contributed by atoms with E-state index in [9.17, 15) is 9.59 Å². The highest BCUT2D eigenvalue weighted by molar-refractivity contribution is 5.81. The fraction of sp³-hybridized carbons (Fsp3) is 0.286. The van der Waals surface area contributed by atoms with Gasteiger partial charge in [0.2, 0.25) is 0 Å². The first-order valence-corrected chi connectivity index (χ1v) is 5.73. The third-order valence-corrected chi connectivity index (χ3v) is 2.65. The first kappa shape index (κ1) is 12.4. The Morgan fingerprint density at radius 2 is 2.11 bits per heavy atom. The lowest BCUT2D eigenvalue weighted by molar-refractivity contribution is -0.117. The summed E-state index contributed by atoms with van der Waals surface area (Å²) in [6.45, 7) is 3.71. The van der Waals surface area contributed by atoms with E-state index >= 15 is 0 Å². The molecule has 0 aliphatic rings. The maximum Gasteiger partial charge on any atom is 0.336 e. The van der Waals surface area contributed by atoms with Crippen molar-refractivity contribution < 1.29 is 13.9 Å². The summed E-state index contributed by atoms with van der Waals surface area (Å²) in [6.07, 6.45) is 0.371. The number of carbonyl (C=O) groups is 1. The number of carbonyl (C=O) groups excluding carboxylic acids is 1. The highest BCUT2D eigenvalue weighted by atomic mass is 16.5. The molecule has 0 radical (unpaired) electrons. The number of rotatable bonds is 4. The van der Waals surface area contributed by atoms with Crippen LogP contribution in [0.1, 0.15) is 18.9 Å². The smallest absolute Gasteiger partial charge is 0.336 e. The van der Waals surface area contributed by atoms with Crippen LogP contribution in [0.15, 0.2) is 33.5 Å². The third-order valence-electron chi connectivity index (χ3n) is 2.65. The van der Waals surface area contributed by atoms with Gasteiger partial charge in [-0.05, 0) is 31.5 Å². The van der Waals surface area contributed by atoms with Crippen LogP contribution >= 0.6 is 0 Å². The van der Waals surface area contributed by atoms with Crippen molar-refractivity contribution in [2.24, 2.45) is 0 Å². The van der Waals surface area contributed by atoms with Crippen molar-refractivity contribution in [3.63, 3.8) is 0 Å². The van der Waals surface area contributed by atoms with Gasteiger partial charge in [-0.1, -0.05) is 0 Å². The molecule has 2 rings (SSSR count). The van der Waals surface area contributed by atoms with Crippen LogP contribution in [-0.4, -0.2) is 12.4 Å². The molecule has 0 N–H and O–H groups in total. The fourth-order valence-electron chi connectivity index (χ4n) is 1.71. The van der Waals surface area contributed by atoms with E-state index in [0.717, 1.165) is 10.9 Å². The van der Waals surface area contributed by atoms with E-state index in [1.807, 2.05) is 13.0 Å². The Bertz CT molecular complexity index is 640. The predicted octanol–water partition coefficient (Wildman–Crippen LogP) is 2.46. The van der Waals surface area contributed by atoms with Crippen molar-refractivity contribution in [3.05, 3.63) is 40.2 Å². The second kappa shape index (κ2) is 5.04. The molecule has 0 saturated carbocycles. The second-order valence-corrected chi connectivity index (χ2v) is 4.21. The molecular formula is C14H14O4. The summed E-state index contributed by atoms with van der Waals surface area (Å²) in [5.41, 5.74) is 0.998. The van der Waals surface area contributed by atoms with Gasteiger partial charge in [0.25, 0.3) is 0 Å². The van der Waals surface area contributed by atoms with Gasteiger partial charge in [0.05, 0.1) is 6.61 Å². The molecule has 0 spiro atoms. The van der Waals surface area contributed by atoms with Crippen molar-refractivity contribution >= 4 is 16.8 Å². The summed E-state index contributed by atoms with van der Waals surface area (Å²) in [5.74, 6) is 0.677. The van der Waals surface area contributed by atoms with E-state index in [1.165, 1.54) is 13.0 Å². The van der Waals surface area contributed by atoms with E-state index in [-0.39, 0.29) is 11.4 Å². The second-order valence-electron chi connectivity index (χ2n) is 4.21. The maximum atomic E-state index is 11.3. The molecule has 1 aromatic heterocycles. The monoisotopic (exact) mass is 246 g/mol. The van der Waals surface area contributed by atoms with Crippen molar-refractivity contribution in [2.45, 2.75) is 20.3 Å². The number of fused-ring (bicyclic) bond motifs is 1. The highest BCUT2D eigenvalue weighted by Crippen LogP contribution is 2.22. The van der Waals surface area contributed by atoms with E-state index < -0.39 is 0 Å². The molecule has 0 fully saturated rings. The van der Waals surface area contributed by atoms with Gasteiger partial charge in [-0.15, -0.1) is 0 Å². The minimum Gasteiger partial charge on any atom is -0.493 e. The van der Waals surface area contributed by atoms with E-state index in [4.69, 9.17) is 9.15 Å². The van der Waals surface area contributed by atoms with Gasteiger partial charge in [-0.3, -0.25) is 4.79 Å². The van der Waals surface area contributed by atoms with E-state index in [2.05, 4.69) is 0 Å². The standard InChI is InChI=1S/C14H14O4/c1-9-7-14(16)18-13-8-11(3-4-12(9)13)17-6-5-10(2)15/h3-4,7-8H,5-6H2,1-2H3. The van der Waals surface area contributed by atoms with Gasteiger partial charge in [0.15, 0.2) is 0 Å². The normalized spacial score (nSPS) is 10.6. The molecule has 18 heavy (non-hydrogen) atoms. The summed E-state index contributed by atoms with van der Waals surface area (Å²) >= 11 is 0. The largest absolute Gasteiger partial charge is 0.493 e. The maximum absolute atomic E-state index is 11.3. The fourth-order valence-corrected chi connectivity index (χ4v) is 1.71. The van der Waals surface area contributed by atoms with Crippen molar-refractivity contribution in [1.29, 1.82) is 0 Å². The van der Waals surface area contributed by atoms with Gasteiger partial charge in [0.1, 0.15) is 17.1 Å². The average Bonchev–Trinajstić information content (AvgIpc) is 2.27. The summed E-state index contributed by atoms with van der Waals surface area (Å²) < 4.78 is 10.5. The Labute approximate surface area is 104 Å². The van der Waals surface area contributed by atoms with Gasteiger partial charge in [0, 0.05) is 23.9 Å². The molecule has 4 heteroatoms. The topological polar surface area (TPSA) is 56.5 Å². The Balaban J connectivity index is 2.27. The van der Waals surface area contributed by atoms with Crippen molar-refractivity contribution in [2.75, 3.05) is 6.61 Å². The molecule has 0 atom stereocenters. The number of hydrogen-bond donors (Lipinski definition) is 0. The molecule has 0 saturated heterocycles. The first-order valence-electron chi connectivity index (χ1n) is 5.73. The number of ketones is 1. The Hall–Kier alpha value is -2.10. The number of Topliss-reactive ketones (excluding diaryl/α,β-unsaturated/α-hetero) is 1. The van der Waals surface area contributed by atoms with Gasteiger partial charge >= 0.3 is 5.63 Å². The minimum atomic E-state index is -0.374. The number of benzene rings is 1. The zero-order valence-electron chi connectivity index (χ0n) is 10.4. The number of aryl methyl sites for hydroxylation is 1. The predicted molar refractivity (Wildman–Crippen MR) is 68.0 cm³/mol. The molecule has 4 nitrogen and oxygen atoms in total. The van der Waals surface area contributed by atoms with E-state index in [0.29, 0.717) is 24.4 Å². The van der Waals surface area contributed by atoms with Gasteiger partial charge in [-0.2, -0.15) is 0 Å². The van der Waals surface area contributed by atoms with Crippen LogP contribution in [0.3, 0.4) is 0 Å². The van der Waals surface area contributed by atoms with Crippen LogP contribution in [0.25, 0.3) is 11.0 Å². The third kappa shape index (κ3) is 2.77. The quantitative estimate of drug-likeness (QED) is 0.777. The van der Waals surface area contributed by atoms with Gasteiger partial charge < -0.3 is 9.15 Å². The number of hydrogen-bond acceptors (Lipinski definition) is 4. The zero-order valence-corrected chi connectivity index (χ0v) is 10.4. The average molecular weight is 246 g/mol. The van der Waals surface area contributed by atoms with Crippen LogP contribution in [0.4, 0.5) is 0 Å². The van der Waals surface area contributed by atoms with Crippen LogP contribution in [-0.2, 0) is 4.79 Å². The summed E-state index contributed by atoms with van der Waals surface area (Å²) in [7, 11) is 0. The lowest BCUT2D eigenvalue weighted by atomic mass is 10.1. The molecule has 0 bridgehead atoms. The molecule has 0 unspecified atom stereocenters. The molecule has 0 amide bonds. The Morgan fingerprint density at radius 3 is 2.83 bits per heavy atom. The summed E-state index contributed by atoms with van der Waals surface area (Å²) in [4.78, 5) is 22.1. The zero-order chi connectivity index (χ0) is 13.1. The SMILES string of the molecule is CC(=O)CCOc1ccc2c(C)cc(=O)oc2c1. The Kier molecular flexibility index (Phi) is 3.46. The van der Waals surface area contributed by atoms with E-state index in [1.54, 1.807) is 12.1 Å². The van der Waals surface area contributed by atoms with Crippen LogP contribution < -0.4 is 10.4 Å². The molecular weight excluding hydrogens is 232 g/mol. The minimum absolute atomic E-state index is 0.0816. The Morgan fingerprint density at radius 1 is 1.33 bits per heavy atom. The van der Waals surface area contributed by atoms with Crippen LogP contribution in [0.2, 0.25) is 0 Å². The molecule has 0 aliphatic carbocycles. The lowest BCUT2D eigenvalue weighted by Crippen LogP contribution is -2.03. The van der Waals surface area contributed by atoms with Gasteiger partial charge in [-0.25, -0.2) is 4.79 Å². The molecule has 1 heterocycles.